The van der Waals surface area contributed by atoms with Crippen molar-refractivity contribution in [2.24, 2.45) is 0 Å². The van der Waals surface area contributed by atoms with Crippen LogP contribution >= 0.6 is 0 Å². The van der Waals surface area contributed by atoms with Crippen LogP contribution in [0.2, 0.25) is 0 Å². The van der Waals surface area contributed by atoms with Crippen molar-refractivity contribution in [3.05, 3.63) is 35.6 Å². The van der Waals surface area contributed by atoms with Gasteiger partial charge < -0.3 is 9.80 Å². The molecular formula is C15H20FN3O. The predicted molar refractivity (Wildman–Crippen MR) is 74.5 cm³/mol. The maximum atomic E-state index is 13.1. The van der Waals surface area contributed by atoms with Crippen molar-refractivity contribution in [3.63, 3.8) is 0 Å². The Balaban J connectivity index is 1.83. The van der Waals surface area contributed by atoms with Crippen LogP contribution < -0.4 is 5.32 Å². The van der Waals surface area contributed by atoms with Gasteiger partial charge in [-0.25, -0.2) is 4.39 Å². The van der Waals surface area contributed by atoms with E-state index in [0.29, 0.717) is 6.54 Å². The Morgan fingerprint density at radius 3 is 2.55 bits per heavy atom. The van der Waals surface area contributed by atoms with Crippen molar-refractivity contribution in [3.8, 4) is 0 Å². The SMILES string of the molecule is CN(C)CCN1C(=O)C2(CC2)NC1c1ccc(F)cc1. The second-order valence-corrected chi connectivity index (χ2v) is 5.98. The minimum Gasteiger partial charge on any atom is -0.320 e. The molecule has 2 fully saturated rings. The molecule has 0 radical (unpaired) electrons. The third-order valence-electron chi connectivity index (χ3n) is 4.12. The first kappa shape index (κ1) is 13.5. The van der Waals surface area contributed by atoms with Gasteiger partial charge in [-0.15, -0.1) is 0 Å². The molecule has 1 aliphatic carbocycles. The highest BCUT2D eigenvalue weighted by atomic mass is 19.1. The molecule has 1 aliphatic heterocycles. The summed E-state index contributed by atoms with van der Waals surface area (Å²) < 4.78 is 13.1. The lowest BCUT2D eigenvalue weighted by atomic mass is 10.1. The van der Waals surface area contributed by atoms with Crippen LogP contribution in [0.25, 0.3) is 0 Å². The first-order valence-electron chi connectivity index (χ1n) is 7.01. The van der Waals surface area contributed by atoms with Crippen LogP contribution in [0, 0.1) is 5.82 Å². The molecule has 0 aromatic heterocycles. The molecule has 1 aromatic rings. The van der Waals surface area contributed by atoms with Crippen molar-refractivity contribution in [1.29, 1.82) is 0 Å². The number of nitrogens with one attached hydrogen (secondary N) is 1. The number of carbonyl (C=O) groups is 1. The number of amides is 1. The van der Waals surface area contributed by atoms with E-state index in [0.717, 1.165) is 24.9 Å². The standard InChI is InChI=1S/C15H20FN3O/c1-18(2)9-10-19-13(11-3-5-12(16)6-4-11)17-15(7-8-15)14(19)20/h3-6,13,17H,7-10H2,1-2H3. The molecule has 1 unspecified atom stereocenters. The average molecular weight is 277 g/mol. The fourth-order valence-corrected chi connectivity index (χ4v) is 2.72. The van der Waals surface area contributed by atoms with Crippen molar-refractivity contribution in [1.82, 2.24) is 15.1 Å². The Morgan fingerprint density at radius 1 is 1.35 bits per heavy atom. The third-order valence-corrected chi connectivity index (χ3v) is 4.12. The second-order valence-electron chi connectivity index (χ2n) is 5.98. The minimum absolute atomic E-state index is 0.134. The van der Waals surface area contributed by atoms with E-state index in [1.54, 1.807) is 12.1 Å². The number of rotatable bonds is 4. The fourth-order valence-electron chi connectivity index (χ4n) is 2.72. The van der Waals surface area contributed by atoms with E-state index < -0.39 is 0 Å². The van der Waals surface area contributed by atoms with Gasteiger partial charge in [-0.05, 0) is 44.6 Å². The number of benzene rings is 1. The molecule has 3 rings (SSSR count). The van der Waals surface area contributed by atoms with Crippen molar-refractivity contribution in [2.45, 2.75) is 24.5 Å². The van der Waals surface area contributed by atoms with Gasteiger partial charge in [0, 0.05) is 13.1 Å². The molecule has 1 saturated heterocycles. The molecule has 1 N–H and O–H groups in total. The zero-order chi connectivity index (χ0) is 14.3. The molecule has 5 heteroatoms. The van der Waals surface area contributed by atoms with E-state index in [2.05, 4.69) is 10.2 Å². The van der Waals surface area contributed by atoms with E-state index in [1.807, 2.05) is 19.0 Å². The molecule has 4 nitrogen and oxygen atoms in total. The Bertz CT molecular complexity index is 510. The van der Waals surface area contributed by atoms with Crippen molar-refractivity contribution < 1.29 is 9.18 Å². The van der Waals surface area contributed by atoms with Gasteiger partial charge in [0.05, 0.1) is 0 Å². The molecule has 0 bridgehead atoms. The number of hydrogen-bond acceptors (Lipinski definition) is 3. The first-order chi connectivity index (χ1) is 9.52. The van der Waals surface area contributed by atoms with Gasteiger partial charge in [-0.3, -0.25) is 10.1 Å². The fraction of sp³-hybridized carbons (Fsp3) is 0.533. The lowest BCUT2D eigenvalue weighted by Gasteiger charge is -2.26. The van der Waals surface area contributed by atoms with Crippen molar-refractivity contribution >= 4 is 5.91 Å². The van der Waals surface area contributed by atoms with Gasteiger partial charge in [0.25, 0.3) is 0 Å². The summed E-state index contributed by atoms with van der Waals surface area (Å²) in [5.41, 5.74) is 0.605. The predicted octanol–water partition coefficient (Wildman–Crippen LogP) is 1.35. The summed E-state index contributed by atoms with van der Waals surface area (Å²) in [6, 6.07) is 6.40. The van der Waals surface area contributed by atoms with Gasteiger partial charge in [0.2, 0.25) is 5.91 Å². The zero-order valence-corrected chi connectivity index (χ0v) is 11.9. The van der Waals surface area contributed by atoms with Crippen LogP contribution in [0.4, 0.5) is 4.39 Å². The van der Waals surface area contributed by atoms with Gasteiger partial charge in [0.15, 0.2) is 0 Å². The molecule has 1 atom stereocenters. The van der Waals surface area contributed by atoms with Crippen LogP contribution in [0.5, 0.6) is 0 Å². The minimum atomic E-state index is -0.342. The van der Waals surface area contributed by atoms with Gasteiger partial charge >= 0.3 is 0 Å². The molecule has 20 heavy (non-hydrogen) atoms. The summed E-state index contributed by atoms with van der Waals surface area (Å²) >= 11 is 0. The Kier molecular flexibility index (Phi) is 3.26. The number of carbonyl (C=O) groups excluding carboxylic acids is 1. The lowest BCUT2D eigenvalue weighted by Crippen LogP contribution is -2.37. The molecule has 1 saturated carbocycles. The summed E-state index contributed by atoms with van der Waals surface area (Å²) in [6.45, 7) is 1.50. The van der Waals surface area contributed by atoms with E-state index in [9.17, 15) is 9.18 Å². The number of nitrogens with zero attached hydrogens (tertiary/aromatic N) is 2. The summed E-state index contributed by atoms with van der Waals surface area (Å²) in [5.74, 6) is -0.0623. The van der Waals surface area contributed by atoms with E-state index in [-0.39, 0.29) is 23.4 Å². The maximum Gasteiger partial charge on any atom is 0.244 e. The summed E-state index contributed by atoms with van der Waals surface area (Å²) in [7, 11) is 3.99. The first-order valence-corrected chi connectivity index (χ1v) is 7.01. The monoisotopic (exact) mass is 277 g/mol. The van der Waals surface area contributed by atoms with Crippen LogP contribution in [-0.2, 0) is 4.79 Å². The third kappa shape index (κ3) is 2.31. The van der Waals surface area contributed by atoms with E-state index >= 15 is 0 Å². The topological polar surface area (TPSA) is 35.6 Å². The van der Waals surface area contributed by atoms with E-state index in [4.69, 9.17) is 0 Å². The average Bonchev–Trinajstić information content (AvgIpc) is 3.13. The highest BCUT2D eigenvalue weighted by molar-refractivity contribution is 5.92. The number of halogens is 1. The lowest BCUT2D eigenvalue weighted by molar-refractivity contribution is -0.131. The summed E-state index contributed by atoms with van der Waals surface area (Å²) in [4.78, 5) is 16.5. The van der Waals surface area contributed by atoms with Crippen LogP contribution in [-0.4, -0.2) is 48.4 Å². The molecule has 1 amide bonds. The molecule has 1 aromatic carbocycles. The zero-order valence-electron chi connectivity index (χ0n) is 11.9. The van der Waals surface area contributed by atoms with Gasteiger partial charge in [0.1, 0.15) is 17.5 Å². The van der Waals surface area contributed by atoms with Crippen molar-refractivity contribution in [2.75, 3.05) is 27.2 Å². The largest absolute Gasteiger partial charge is 0.320 e. The number of hydrogen-bond donors (Lipinski definition) is 1. The molecular weight excluding hydrogens is 257 g/mol. The normalized spacial score (nSPS) is 23.9. The molecule has 108 valence electrons. The second kappa shape index (κ2) is 4.82. The summed E-state index contributed by atoms with van der Waals surface area (Å²) in [6.07, 6.45) is 1.68. The number of likely N-dealkylation sites (N-methyl/N-ethyl adjacent to an activating group) is 1. The molecule has 1 spiro atoms. The van der Waals surface area contributed by atoms with Gasteiger partial charge in [-0.2, -0.15) is 0 Å². The van der Waals surface area contributed by atoms with E-state index in [1.165, 1.54) is 12.1 Å². The Labute approximate surface area is 118 Å². The highest BCUT2D eigenvalue weighted by Crippen LogP contribution is 2.45. The Morgan fingerprint density at radius 2 is 2.00 bits per heavy atom. The Hall–Kier alpha value is -1.46. The smallest absolute Gasteiger partial charge is 0.244 e. The van der Waals surface area contributed by atoms with Crippen LogP contribution in [0.15, 0.2) is 24.3 Å². The molecule has 1 heterocycles. The molecule has 2 aliphatic rings. The van der Waals surface area contributed by atoms with Crippen LogP contribution in [0.3, 0.4) is 0 Å². The highest BCUT2D eigenvalue weighted by Gasteiger charge is 2.59. The van der Waals surface area contributed by atoms with Crippen LogP contribution in [0.1, 0.15) is 24.6 Å². The summed E-state index contributed by atoms with van der Waals surface area (Å²) in [5, 5.41) is 3.44. The van der Waals surface area contributed by atoms with Gasteiger partial charge in [-0.1, -0.05) is 12.1 Å². The quantitative estimate of drug-likeness (QED) is 0.902. The maximum absolute atomic E-state index is 13.1.